The molecule has 0 fully saturated rings. The van der Waals surface area contributed by atoms with E-state index in [1.165, 1.54) is 5.56 Å². The van der Waals surface area contributed by atoms with Crippen molar-refractivity contribution in [3.8, 4) is 5.75 Å². The van der Waals surface area contributed by atoms with Crippen molar-refractivity contribution < 1.29 is 4.74 Å². The molecule has 1 aromatic carbocycles. The molecule has 0 aliphatic carbocycles. The van der Waals surface area contributed by atoms with Crippen LogP contribution in [0.1, 0.15) is 37.3 Å². The Bertz CT molecular complexity index is 352. The SMILES string of the molecule is CCc1cc(Cl)c(OC)c(C(C)CCN)c1. The molecule has 2 N–H and O–H groups in total. The molecule has 1 unspecified atom stereocenters. The van der Waals surface area contributed by atoms with Gasteiger partial charge in [-0.15, -0.1) is 0 Å². The van der Waals surface area contributed by atoms with E-state index in [0.717, 1.165) is 24.2 Å². The van der Waals surface area contributed by atoms with Crippen LogP contribution in [0, 0.1) is 0 Å². The first-order valence-electron chi connectivity index (χ1n) is 5.70. The molecule has 3 heteroatoms. The molecule has 0 bridgehead atoms. The van der Waals surface area contributed by atoms with Crippen molar-refractivity contribution in [2.24, 2.45) is 5.73 Å². The molecule has 1 aromatic rings. The number of halogens is 1. The first-order chi connectivity index (χ1) is 7.63. The second kappa shape index (κ2) is 6.12. The predicted octanol–water partition coefficient (Wildman–Crippen LogP) is 3.36. The van der Waals surface area contributed by atoms with Crippen molar-refractivity contribution in [3.63, 3.8) is 0 Å². The van der Waals surface area contributed by atoms with Gasteiger partial charge < -0.3 is 10.5 Å². The van der Waals surface area contributed by atoms with Gasteiger partial charge in [-0.1, -0.05) is 31.5 Å². The maximum absolute atomic E-state index is 6.20. The maximum Gasteiger partial charge on any atom is 0.140 e. The van der Waals surface area contributed by atoms with Crippen molar-refractivity contribution in [2.45, 2.75) is 32.6 Å². The minimum Gasteiger partial charge on any atom is -0.495 e. The van der Waals surface area contributed by atoms with E-state index in [0.29, 0.717) is 17.5 Å². The van der Waals surface area contributed by atoms with E-state index in [-0.39, 0.29) is 0 Å². The quantitative estimate of drug-likeness (QED) is 0.858. The average molecular weight is 242 g/mol. The van der Waals surface area contributed by atoms with Crippen LogP contribution in [0.25, 0.3) is 0 Å². The number of methoxy groups -OCH3 is 1. The number of nitrogens with two attached hydrogens (primary N) is 1. The molecule has 0 saturated heterocycles. The molecule has 0 saturated carbocycles. The fourth-order valence-electron chi connectivity index (χ4n) is 1.86. The van der Waals surface area contributed by atoms with Crippen molar-refractivity contribution in [2.75, 3.05) is 13.7 Å². The maximum atomic E-state index is 6.20. The summed E-state index contributed by atoms with van der Waals surface area (Å²) in [5.74, 6) is 1.17. The van der Waals surface area contributed by atoms with Gasteiger partial charge >= 0.3 is 0 Å². The zero-order chi connectivity index (χ0) is 12.1. The highest BCUT2D eigenvalue weighted by Crippen LogP contribution is 2.36. The summed E-state index contributed by atoms with van der Waals surface area (Å²) in [6.07, 6.45) is 1.92. The summed E-state index contributed by atoms with van der Waals surface area (Å²) in [4.78, 5) is 0. The number of hydrogen-bond donors (Lipinski definition) is 1. The summed E-state index contributed by atoms with van der Waals surface area (Å²) < 4.78 is 5.37. The lowest BCUT2D eigenvalue weighted by atomic mass is 9.94. The highest BCUT2D eigenvalue weighted by molar-refractivity contribution is 6.32. The lowest BCUT2D eigenvalue weighted by molar-refractivity contribution is 0.405. The van der Waals surface area contributed by atoms with Crippen LogP contribution in [0.4, 0.5) is 0 Å². The van der Waals surface area contributed by atoms with Gasteiger partial charge in [0.25, 0.3) is 0 Å². The zero-order valence-electron chi connectivity index (χ0n) is 10.2. The minimum atomic E-state index is 0.379. The Morgan fingerprint density at radius 2 is 2.12 bits per heavy atom. The smallest absolute Gasteiger partial charge is 0.140 e. The summed E-state index contributed by atoms with van der Waals surface area (Å²) in [6, 6.07) is 4.14. The Hall–Kier alpha value is -0.730. The van der Waals surface area contributed by atoms with E-state index in [2.05, 4.69) is 19.9 Å². The van der Waals surface area contributed by atoms with Crippen LogP contribution in [-0.2, 0) is 6.42 Å². The van der Waals surface area contributed by atoms with Gasteiger partial charge in [-0.25, -0.2) is 0 Å². The molecule has 2 nitrogen and oxygen atoms in total. The van der Waals surface area contributed by atoms with Crippen LogP contribution >= 0.6 is 11.6 Å². The number of ether oxygens (including phenoxy) is 1. The van der Waals surface area contributed by atoms with Gasteiger partial charge in [0.2, 0.25) is 0 Å². The van der Waals surface area contributed by atoms with Gasteiger partial charge in [0.1, 0.15) is 5.75 Å². The largest absolute Gasteiger partial charge is 0.495 e. The Balaban J connectivity index is 3.16. The Labute approximate surface area is 103 Å². The molecule has 0 amide bonds. The Kier molecular flexibility index (Phi) is 5.10. The first kappa shape index (κ1) is 13.3. The van der Waals surface area contributed by atoms with Crippen LogP contribution < -0.4 is 10.5 Å². The van der Waals surface area contributed by atoms with Crippen LogP contribution in [0.2, 0.25) is 5.02 Å². The molecular weight excluding hydrogens is 222 g/mol. The standard InChI is InChI=1S/C13H20ClNO/c1-4-10-7-11(9(2)5-6-15)13(16-3)12(14)8-10/h7-9H,4-6,15H2,1-3H3. The molecule has 0 spiro atoms. The molecule has 90 valence electrons. The topological polar surface area (TPSA) is 35.2 Å². The first-order valence-corrected chi connectivity index (χ1v) is 6.08. The van der Waals surface area contributed by atoms with Crippen molar-refractivity contribution in [3.05, 3.63) is 28.3 Å². The summed E-state index contributed by atoms with van der Waals surface area (Å²) >= 11 is 6.20. The van der Waals surface area contributed by atoms with Crippen LogP contribution in [0.5, 0.6) is 5.75 Å². The highest BCUT2D eigenvalue weighted by atomic mass is 35.5. The van der Waals surface area contributed by atoms with Crippen LogP contribution in [0.15, 0.2) is 12.1 Å². The van der Waals surface area contributed by atoms with Crippen LogP contribution in [0.3, 0.4) is 0 Å². The van der Waals surface area contributed by atoms with Crippen molar-refractivity contribution in [1.82, 2.24) is 0 Å². The summed E-state index contributed by atoms with van der Waals surface area (Å²) in [5, 5.41) is 0.695. The second-order valence-corrected chi connectivity index (χ2v) is 4.44. The predicted molar refractivity (Wildman–Crippen MR) is 69.5 cm³/mol. The molecule has 0 aliphatic heterocycles. The fraction of sp³-hybridized carbons (Fsp3) is 0.538. The molecular formula is C13H20ClNO. The number of rotatable bonds is 5. The Morgan fingerprint density at radius 1 is 1.44 bits per heavy atom. The minimum absolute atomic E-state index is 0.379. The van der Waals surface area contributed by atoms with Gasteiger partial charge in [0.15, 0.2) is 0 Å². The average Bonchev–Trinajstić information content (AvgIpc) is 2.28. The second-order valence-electron chi connectivity index (χ2n) is 4.03. The monoisotopic (exact) mass is 241 g/mol. The van der Waals surface area contributed by atoms with Gasteiger partial charge in [-0.05, 0) is 42.5 Å². The summed E-state index contributed by atoms with van der Waals surface area (Å²) in [5.41, 5.74) is 8.00. The number of benzene rings is 1. The van der Waals surface area contributed by atoms with E-state index in [1.54, 1.807) is 7.11 Å². The normalized spacial score (nSPS) is 12.6. The third-order valence-corrected chi connectivity index (χ3v) is 3.16. The number of hydrogen-bond acceptors (Lipinski definition) is 2. The van der Waals surface area contributed by atoms with Gasteiger partial charge in [0, 0.05) is 0 Å². The third kappa shape index (κ3) is 2.89. The van der Waals surface area contributed by atoms with E-state index >= 15 is 0 Å². The molecule has 16 heavy (non-hydrogen) atoms. The summed E-state index contributed by atoms with van der Waals surface area (Å²) in [6.45, 7) is 4.95. The van der Waals surface area contributed by atoms with Gasteiger partial charge in [0.05, 0.1) is 12.1 Å². The van der Waals surface area contributed by atoms with E-state index in [9.17, 15) is 0 Å². The molecule has 1 atom stereocenters. The fourth-order valence-corrected chi connectivity index (χ4v) is 2.19. The lowest BCUT2D eigenvalue weighted by Gasteiger charge is -2.17. The highest BCUT2D eigenvalue weighted by Gasteiger charge is 2.15. The van der Waals surface area contributed by atoms with E-state index in [1.807, 2.05) is 6.07 Å². The number of aryl methyl sites for hydroxylation is 1. The van der Waals surface area contributed by atoms with E-state index < -0.39 is 0 Å². The molecule has 0 aromatic heterocycles. The lowest BCUT2D eigenvalue weighted by Crippen LogP contribution is -2.06. The summed E-state index contributed by atoms with van der Waals surface area (Å²) in [7, 11) is 1.66. The molecule has 0 radical (unpaired) electrons. The van der Waals surface area contributed by atoms with E-state index in [4.69, 9.17) is 22.1 Å². The Morgan fingerprint density at radius 3 is 2.62 bits per heavy atom. The van der Waals surface area contributed by atoms with Crippen LogP contribution in [-0.4, -0.2) is 13.7 Å². The van der Waals surface area contributed by atoms with Crippen molar-refractivity contribution in [1.29, 1.82) is 0 Å². The zero-order valence-corrected chi connectivity index (χ0v) is 11.0. The van der Waals surface area contributed by atoms with Crippen molar-refractivity contribution >= 4 is 11.6 Å². The van der Waals surface area contributed by atoms with Gasteiger partial charge in [-0.2, -0.15) is 0 Å². The molecule has 1 rings (SSSR count). The molecule has 0 aliphatic rings. The van der Waals surface area contributed by atoms with Gasteiger partial charge in [-0.3, -0.25) is 0 Å². The third-order valence-electron chi connectivity index (χ3n) is 2.88. The molecule has 0 heterocycles.